The van der Waals surface area contributed by atoms with Gasteiger partial charge in [0.05, 0.1) is 6.57 Å². The monoisotopic (exact) mass is 229 g/mol. The van der Waals surface area contributed by atoms with Crippen molar-refractivity contribution in [3.63, 3.8) is 0 Å². The number of hydrogen-bond donors (Lipinski definition) is 2. The fourth-order valence-electron chi connectivity index (χ4n) is 1.57. The summed E-state index contributed by atoms with van der Waals surface area (Å²) in [5, 5.41) is 18.7. The maximum Gasteiger partial charge on any atom is 0.190 e. The number of rotatable bonds is 1. The van der Waals surface area contributed by atoms with E-state index in [4.69, 9.17) is 6.57 Å². The van der Waals surface area contributed by atoms with Gasteiger partial charge in [-0.25, -0.2) is 9.24 Å². The summed E-state index contributed by atoms with van der Waals surface area (Å²) in [5.41, 5.74) is 1.05. The lowest BCUT2D eigenvalue weighted by molar-refractivity contribution is 0.451. The van der Waals surface area contributed by atoms with Crippen LogP contribution < -0.4 is 0 Å². The topological polar surface area (TPSA) is 44.8 Å². The molecular weight excluding hydrogens is 221 g/mol. The molecule has 4 heteroatoms. The third-order valence-corrected chi connectivity index (χ3v) is 2.25. The van der Waals surface area contributed by atoms with Gasteiger partial charge in [-0.15, -0.1) is 0 Å². The molecular formula is C13H8FNO2. The van der Waals surface area contributed by atoms with E-state index in [1.54, 1.807) is 0 Å². The smallest absolute Gasteiger partial charge is 0.190 e. The number of benzene rings is 2. The number of phenolic OH excluding ortho intramolecular Hbond substituents is 2. The van der Waals surface area contributed by atoms with Crippen molar-refractivity contribution in [3.05, 3.63) is 53.6 Å². The molecule has 0 fully saturated rings. The van der Waals surface area contributed by atoms with Crippen molar-refractivity contribution in [2.24, 2.45) is 0 Å². The van der Waals surface area contributed by atoms with Gasteiger partial charge >= 0.3 is 0 Å². The second kappa shape index (κ2) is 4.14. The van der Waals surface area contributed by atoms with Gasteiger partial charge in [0.2, 0.25) is 0 Å². The first-order chi connectivity index (χ1) is 8.08. The van der Waals surface area contributed by atoms with Gasteiger partial charge in [-0.3, -0.25) is 0 Å². The molecule has 3 nitrogen and oxygen atoms in total. The summed E-state index contributed by atoms with van der Waals surface area (Å²) < 4.78 is 13.2. The van der Waals surface area contributed by atoms with Crippen LogP contribution in [0.2, 0.25) is 0 Å². The van der Waals surface area contributed by atoms with Crippen molar-refractivity contribution in [2.75, 3.05) is 0 Å². The van der Waals surface area contributed by atoms with E-state index >= 15 is 0 Å². The molecule has 17 heavy (non-hydrogen) atoms. The van der Waals surface area contributed by atoms with Crippen molar-refractivity contribution >= 4 is 5.69 Å². The van der Waals surface area contributed by atoms with E-state index in [-0.39, 0.29) is 17.2 Å². The summed E-state index contributed by atoms with van der Waals surface area (Å²) in [6, 6.07) is 7.81. The van der Waals surface area contributed by atoms with Crippen LogP contribution in [-0.2, 0) is 0 Å². The molecule has 0 saturated carbocycles. The SMILES string of the molecule is [C-]#[N+]c1cc(F)cc(-c2cc(O)cc(O)c2)c1. The van der Waals surface area contributed by atoms with Crippen molar-refractivity contribution in [2.45, 2.75) is 0 Å². The number of nitrogens with zero attached hydrogens (tertiary/aromatic N) is 1. The van der Waals surface area contributed by atoms with Gasteiger partial charge in [0.15, 0.2) is 5.69 Å². The van der Waals surface area contributed by atoms with Gasteiger partial charge in [-0.2, -0.15) is 0 Å². The highest BCUT2D eigenvalue weighted by molar-refractivity contribution is 5.71. The van der Waals surface area contributed by atoms with Crippen LogP contribution in [0.15, 0.2) is 36.4 Å². The molecule has 2 aromatic carbocycles. The van der Waals surface area contributed by atoms with Crippen molar-refractivity contribution in [1.82, 2.24) is 0 Å². The zero-order valence-corrected chi connectivity index (χ0v) is 8.68. The molecule has 0 saturated heterocycles. The summed E-state index contributed by atoms with van der Waals surface area (Å²) in [5.74, 6) is -0.765. The Balaban J connectivity index is 2.60. The Morgan fingerprint density at radius 3 is 2.06 bits per heavy atom. The molecule has 0 amide bonds. The van der Waals surface area contributed by atoms with Crippen LogP contribution in [0.5, 0.6) is 11.5 Å². The molecule has 0 bridgehead atoms. The summed E-state index contributed by atoms with van der Waals surface area (Å²) in [4.78, 5) is 3.15. The average Bonchev–Trinajstić information content (AvgIpc) is 2.26. The lowest BCUT2D eigenvalue weighted by atomic mass is 10.0. The molecule has 0 aliphatic heterocycles. The van der Waals surface area contributed by atoms with E-state index in [0.717, 1.165) is 6.07 Å². The highest BCUT2D eigenvalue weighted by Crippen LogP contribution is 2.31. The van der Waals surface area contributed by atoms with E-state index in [1.807, 2.05) is 0 Å². The summed E-state index contributed by atoms with van der Waals surface area (Å²) >= 11 is 0. The van der Waals surface area contributed by atoms with E-state index in [2.05, 4.69) is 4.85 Å². The van der Waals surface area contributed by atoms with Crippen molar-refractivity contribution in [3.8, 4) is 22.6 Å². The number of hydrogen-bond acceptors (Lipinski definition) is 2. The van der Waals surface area contributed by atoms with Crippen LogP contribution in [0.3, 0.4) is 0 Å². The first-order valence-electron chi connectivity index (χ1n) is 4.80. The summed E-state index contributed by atoms with van der Waals surface area (Å²) in [6.45, 7) is 6.84. The van der Waals surface area contributed by atoms with Crippen LogP contribution in [0.1, 0.15) is 0 Å². The summed E-state index contributed by atoms with van der Waals surface area (Å²) in [6.07, 6.45) is 0. The third-order valence-electron chi connectivity index (χ3n) is 2.25. The van der Waals surface area contributed by atoms with E-state index in [0.29, 0.717) is 11.1 Å². The Morgan fingerprint density at radius 2 is 1.47 bits per heavy atom. The maximum atomic E-state index is 13.2. The molecule has 0 radical (unpaired) electrons. The van der Waals surface area contributed by atoms with Gasteiger partial charge in [0.1, 0.15) is 17.3 Å². The van der Waals surface area contributed by atoms with Crippen LogP contribution in [0.25, 0.3) is 16.0 Å². The van der Waals surface area contributed by atoms with Crippen LogP contribution in [0, 0.1) is 12.4 Å². The molecule has 2 rings (SSSR count). The van der Waals surface area contributed by atoms with E-state index < -0.39 is 5.82 Å². The van der Waals surface area contributed by atoms with Gasteiger partial charge in [-0.1, -0.05) is 0 Å². The fourth-order valence-corrected chi connectivity index (χ4v) is 1.57. The van der Waals surface area contributed by atoms with Gasteiger partial charge in [0, 0.05) is 6.07 Å². The first kappa shape index (κ1) is 11.0. The highest BCUT2D eigenvalue weighted by atomic mass is 19.1. The first-order valence-corrected chi connectivity index (χ1v) is 4.80. The normalized spacial score (nSPS) is 9.88. The van der Waals surface area contributed by atoms with Crippen LogP contribution >= 0.6 is 0 Å². The second-order valence-corrected chi connectivity index (χ2v) is 3.55. The molecule has 84 valence electrons. The van der Waals surface area contributed by atoms with E-state index in [9.17, 15) is 14.6 Å². The molecule has 0 heterocycles. The molecule has 0 unspecified atom stereocenters. The molecule has 0 atom stereocenters. The molecule has 0 aliphatic rings. The molecule has 2 N–H and O–H groups in total. The van der Waals surface area contributed by atoms with Gasteiger partial charge in [0.25, 0.3) is 0 Å². The van der Waals surface area contributed by atoms with Gasteiger partial charge < -0.3 is 10.2 Å². The largest absolute Gasteiger partial charge is 0.508 e. The molecule has 0 spiro atoms. The minimum atomic E-state index is -0.531. The Hall–Kier alpha value is -2.54. The van der Waals surface area contributed by atoms with Crippen LogP contribution in [-0.4, -0.2) is 10.2 Å². The number of phenols is 2. The fraction of sp³-hybridized carbons (Fsp3) is 0. The Labute approximate surface area is 97.2 Å². The lowest BCUT2D eigenvalue weighted by Gasteiger charge is -2.05. The van der Waals surface area contributed by atoms with Crippen LogP contribution in [0.4, 0.5) is 10.1 Å². The van der Waals surface area contributed by atoms with Crippen molar-refractivity contribution in [1.29, 1.82) is 0 Å². The molecule has 0 aliphatic carbocycles. The predicted molar refractivity (Wildman–Crippen MR) is 61.4 cm³/mol. The minimum absolute atomic E-state index is 0.117. The predicted octanol–water partition coefficient (Wildman–Crippen LogP) is 3.45. The Morgan fingerprint density at radius 1 is 0.882 bits per heavy atom. The lowest BCUT2D eigenvalue weighted by Crippen LogP contribution is -1.81. The zero-order valence-electron chi connectivity index (χ0n) is 8.68. The minimum Gasteiger partial charge on any atom is -0.508 e. The third kappa shape index (κ3) is 2.34. The number of halogens is 1. The number of aromatic hydroxyl groups is 2. The molecule has 0 aromatic heterocycles. The Kier molecular flexibility index (Phi) is 2.67. The Bertz CT molecular complexity index is 597. The standard InChI is InChI=1S/C13H8FNO2/c1-15-11-3-8(2-10(14)6-11)9-4-12(16)7-13(17)5-9/h2-7,16-17H. The maximum absolute atomic E-state index is 13.2. The van der Waals surface area contributed by atoms with Gasteiger partial charge in [-0.05, 0) is 41.5 Å². The van der Waals surface area contributed by atoms with Crippen molar-refractivity contribution < 1.29 is 14.6 Å². The zero-order chi connectivity index (χ0) is 12.4. The van der Waals surface area contributed by atoms with E-state index in [1.165, 1.54) is 30.3 Å². The quantitative estimate of drug-likeness (QED) is 0.735. The average molecular weight is 229 g/mol. The second-order valence-electron chi connectivity index (χ2n) is 3.55. The highest BCUT2D eigenvalue weighted by Gasteiger charge is 2.05. The molecule has 2 aromatic rings. The summed E-state index contributed by atoms with van der Waals surface area (Å²) in [7, 11) is 0.